The van der Waals surface area contributed by atoms with Crippen molar-refractivity contribution >= 4 is 5.96 Å². The van der Waals surface area contributed by atoms with Crippen molar-refractivity contribution in [2.45, 2.75) is 26.4 Å². The van der Waals surface area contributed by atoms with Gasteiger partial charge in [0.2, 0.25) is 0 Å². The highest BCUT2D eigenvalue weighted by Crippen LogP contribution is 2.22. The minimum absolute atomic E-state index is 0.127. The van der Waals surface area contributed by atoms with E-state index in [9.17, 15) is 8.78 Å². The second kappa shape index (κ2) is 10.2. The Labute approximate surface area is 170 Å². The molecule has 29 heavy (non-hydrogen) atoms. The highest BCUT2D eigenvalue weighted by atomic mass is 19.1. The lowest BCUT2D eigenvalue weighted by Gasteiger charge is -2.17. The van der Waals surface area contributed by atoms with Gasteiger partial charge in [-0.15, -0.1) is 0 Å². The van der Waals surface area contributed by atoms with E-state index in [4.69, 9.17) is 9.47 Å². The molecule has 1 aliphatic heterocycles. The van der Waals surface area contributed by atoms with Gasteiger partial charge in [0.15, 0.2) is 5.96 Å². The first-order chi connectivity index (χ1) is 14.0. The highest BCUT2D eigenvalue weighted by molar-refractivity contribution is 5.79. The summed E-state index contributed by atoms with van der Waals surface area (Å²) in [5.41, 5.74) is 2.36. The number of hydrogen-bond acceptors (Lipinski definition) is 3. The smallest absolute Gasteiger partial charge is 0.191 e. The number of benzene rings is 2. The molecular formula is C22H27F2N3O2. The van der Waals surface area contributed by atoms with Gasteiger partial charge in [0.1, 0.15) is 17.4 Å². The summed E-state index contributed by atoms with van der Waals surface area (Å²) in [6.45, 7) is 4.81. The number of ether oxygens (including phenoxy) is 2. The lowest BCUT2D eigenvalue weighted by molar-refractivity contribution is 0.166. The molecule has 0 radical (unpaired) electrons. The average Bonchev–Trinajstić information content (AvgIpc) is 3.23. The van der Waals surface area contributed by atoms with E-state index in [0.717, 1.165) is 48.6 Å². The molecular weight excluding hydrogens is 376 g/mol. The summed E-state index contributed by atoms with van der Waals surface area (Å²) in [4.78, 5) is 4.15. The van der Waals surface area contributed by atoms with Gasteiger partial charge in [-0.2, -0.15) is 0 Å². The van der Waals surface area contributed by atoms with Crippen molar-refractivity contribution in [1.29, 1.82) is 0 Å². The first-order valence-corrected chi connectivity index (χ1v) is 9.73. The summed E-state index contributed by atoms with van der Waals surface area (Å²) >= 11 is 0. The molecule has 1 fully saturated rings. The maximum atomic E-state index is 13.8. The summed E-state index contributed by atoms with van der Waals surface area (Å²) < 4.78 is 38.6. The third-order valence-corrected chi connectivity index (χ3v) is 4.85. The SMILES string of the molecule is CN=C(NCc1cc(F)ccc1F)NCc1ccc(C)cc1OCC1CCOC1. The molecule has 0 bridgehead atoms. The molecule has 2 aromatic carbocycles. The molecule has 0 spiro atoms. The summed E-state index contributed by atoms with van der Waals surface area (Å²) in [6.07, 6.45) is 1.02. The number of halogens is 2. The molecule has 0 aromatic heterocycles. The maximum absolute atomic E-state index is 13.8. The largest absolute Gasteiger partial charge is 0.493 e. The topological polar surface area (TPSA) is 54.9 Å². The monoisotopic (exact) mass is 403 g/mol. The number of rotatable bonds is 7. The van der Waals surface area contributed by atoms with Crippen molar-refractivity contribution in [3.05, 3.63) is 64.7 Å². The van der Waals surface area contributed by atoms with E-state index in [1.807, 2.05) is 25.1 Å². The summed E-state index contributed by atoms with van der Waals surface area (Å²) in [6, 6.07) is 9.46. The summed E-state index contributed by atoms with van der Waals surface area (Å²) in [5, 5.41) is 6.20. The zero-order valence-electron chi connectivity index (χ0n) is 16.8. The van der Waals surface area contributed by atoms with E-state index in [-0.39, 0.29) is 12.1 Å². The van der Waals surface area contributed by atoms with Crippen LogP contribution in [0, 0.1) is 24.5 Å². The van der Waals surface area contributed by atoms with Crippen molar-refractivity contribution in [3.63, 3.8) is 0 Å². The van der Waals surface area contributed by atoms with E-state index < -0.39 is 11.6 Å². The highest BCUT2D eigenvalue weighted by Gasteiger charge is 2.17. The standard InChI is InChI=1S/C22H27F2N3O2/c1-15-3-4-17(21(9-15)29-14-16-7-8-28-13-16)11-26-22(25-2)27-12-18-10-19(23)5-6-20(18)24/h3-6,9-10,16H,7-8,11-14H2,1-2H3,(H2,25,26,27). The Morgan fingerprint density at radius 2 is 1.93 bits per heavy atom. The fraction of sp³-hybridized carbons (Fsp3) is 0.409. The first kappa shape index (κ1) is 21.0. The van der Waals surface area contributed by atoms with E-state index in [0.29, 0.717) is 25.0 Å². The molecule has 7 heteroatoms. The van der Waals surface area contributed by atoms with Gasteiger partial charge in [0.25, 0.3) is 0 Å². The number of nitrogens with one attached hydrogen (secondary N) is 2. The van der Waals surface area contributed by atoms with Crippen molar-refractivity contribution < 1.29 is 18.3 Å². The van der Waals surface area contributed by atoms with Crippen LogP contribution in [0.3, 0.4) is 0 Å². The predicted molar refractivity (Wildman–Crippen MR) is 109 cm³/mol. The van der Waals surface area contributed by atoms with Crippen LogP contribution in [0.5, 0.6) is 5.75 Å². The maximum Gasteiger partial charge on any atom is 0.191 e. The van der Waals surface area contributed by atoms with Crippen LogP contribution in [0.1, 0.15) is 23.1 Å². The molecule has 2 aromatic rings. The van der Waals surface area contributed by atoms with Crippen LogP contribution >= 0.6 is 0 Å². The van der Waals surface area contributed by atoms with Crippen molar-refractivity contribution in [3.8, 4) is 5.75 Å². The number of nitrogens with zero attached hydrogens (tertiary/aromatic N) is 1. The Morgan fingerprint density at radius 1 is 1.14 bits per heavy atom. The van der Waals surface area contributed by atoms with Crippen LogP contribution in [0.15, 0.2) is 41.4 Å². The van der Waals surface area contributed by atoms with Crippen LogP contribution in [-0.4, -0.2) is 32.8 Å². The normalized spacial score (nSPS) is 16.7. The van der Waals surface area contributed by atoms with Gasteiger partial charge < -0.3 is 20.1 Å². The fourth-order valence-electron chi connectivity index (χ4n) is 3.12. The quantitative estimate of drug-likeness (QED) is 0.548. The second-order valence-electron chi connectivity index (χ2n) is 7.17. The molecule has 1 heterocycles. The van der Waals surface area contributed by atoms with E-state index in [1.165, 1.54) is 6.07 Å². The lowest BCUT2D eigenvalue weighted by atomic mass is 10.1. The Hall–Kier alpha value is -2.67. The van der Waals surface area contributed by atoms with Gasteiger partial charge >= 0.3 is 0 Å². The second-order valence-corrected chi connectivity index (χ2v) is 7.17. The van der Waals surface area contributed by atoms with Gasteiger partial charge in [0.05, 0.1) is 13.2 Å². The third kappa shape index (κ3) is 6.15. The van der Waals surface area contributed by atoms with E-state index >= 15 is 0 Å². The molecule has 0 amide bonds. The van der Waals surface area contributed by atoms with Crippen molar-refractivity contribution in [2.75, 3.05) is 26.9 Å². The number of guanidine groups is 1. The lowest BCUT2D eigenvalue weighted by Crippen LogP contribution is -2.36. The molecule has 3 rings (SSSR count). The van der Waals surface area contributed by atoms with Gasteiger partial charge in [-0.25, -0.2) is 8.78 Å². The van der Waals surface area contributed by atoms with Crippen LogP contribution in [0.2, 0.25) is 0 Å². The molecule has 0 saturated carbocycles. The Bertz CT molecular complexity index is 852. The summed E-state index contributed by atoms with van der Waals surface area (Å²) in [5.74, 6) is 0.812. The zero-order valence-corrected chi connectivity index (χ0v) is 16.8. The van der Waals surface area contributed by atoms with Gasteiger partial charge in [0, 0.05) is 43.8 Å². The number of aliphatic imine (C=N–C) groups is 1. The molecule has 5 nitrogen and oxygen atoms in total. The third-order valence-electron chi connectivity index (χ3n) is 4.85. The van der Waals surface area contributed by atoms with Gasteiger partial charge in [-0.1, -0.05) is 12.1 Å². The average molecular weight is 403 g/mol. The minimum Gasteiger partial charge on any atom is -0.493 e. The van der Waals surface area contributed by atoms with Gasteiger partial charge in [-0.3, -0.25) is 4.99 Å². The molecule has 1 atom stereocenters. The zero-order chi connectivity index (χ0) is 20.6. The molecule has 1 unspecified atom stereocenters. The van der Waals surface area contributed by atoms with Gasteiger partial charge in [-0.05, 0) is 43.2 Å². The van der Waals surface area contributed by atoms with Crippen LogP contribution in [0.4, 0.5) is 8.78 Å². The van der Waals surface area contributed by atoms with Crippen LogP contribution < -0.4 is 15.4 Å². The van der Waals surface area contributed by atoms with E-state index in [2.05, 4.69) is 15.6 Å². The predicted octanol–water partition coefficient (Wildman–Crippen LogP) is 3.55. The molecule has 0 aliphatic carbocycles. The van der Waals surface area contributed by atoms with Crippen molar-refractivity contribution in [2.24, 2.45) is 10.9 Å². The number of hydrogen-bond donors (Lipinski definition) is 2. The first-order valence-electron chi connectivity index (χ1n) is 9.73. The fourth-order valence-corrected chi connectivity index (χ4v) is 3.12. The molecule has 2 N–H and O–H groups in total. The molecule has 1 aliphatic rings. The summed E-state index contributed by atoms with van der Waals surface area (Å²) in [7, 11) is 1.63. The Kier molecular flexibility index (Phi) is 7.41. The van der Waals surface area contributed by atoms with E-state index in [1.54, 1.807) is 7.05 Å². The van der Waals surface area contributed by atoms with Crippen LogP contribution in [-0.2, 0) is 17.8 Å². The Morgan fingerprint density at radius 3 is 2.66 bits per heavy atom. The van der Waals surface area contributed by atoms with Crippen molar-refractivity contribution in [1.82, 2.24) is 10.6 Å². The number of aryl methyl sites for hydroxylation is 1. The molecule has 156 valence electrons. The molecule has 1 saturated heterocycles. The Balaban J connectivity index is 1.57. The van der Waals surface area contributed by atoms with Crippen LogP contribution in [0.25, 0.3) is 0 Å². The minimum atomic E-state index is -0.472.